The van der Waals surface area contributed by atoms with Gasteiger partial charge in [-0.3, -0.25) is 4.79 Å². The van der Waals surface area contributed by atoms with Crippen molar-refractivity contribution >= 4 is 18.3 Å². The second-order valence-corrected chi connectivity index (χ2v) is 4.34. The minimum atomic E-state index is -0.573. The van der Waals surface area contributed by atoms with Crippen LogP contribution in [0.15, 0.2) is 29.8 Å². The van der Waals surface area contributed by atoms with Crippen molar-refractivity contribution in [2.75, 3.05) is 26.7 Å². The van der Waals surface area contributed by atoms with Gasteiger partial charge in [-0.15, -0.1) is 12.4 Å². The van der Waals surface area contributed by atoms with Crippen molar-refractivity contribution in [3.63, 3.8) is 0 Å². The molecule has 4 nitrogen and oxygen atoms in total. The predicted molar refractivity (Wildman–Crippen MR) is 78.1 cm³/mol. The van der Waals surface area contributed by atoms with Crippen LogP contribution in [0.2, 0.25) is 0 Å². The van der Waals surface area contributed by atoms with Crippen molar-refractivity contribution < 1.29 is 13.9 Å². The smallest absolute Gasteiger partial charge is 0.254 e. The van der Waals surface area contributed by atoms with Gasteiger partial charge in [0.15, 0.2) is 0 Å². The van der Waals surface area contributed by atoms with Gasteiger partial charge < -0.3 is 15.4 Å². The molecule has 6 heteroatoms. The molecular weight excluding hydrogens is 283 g/mol. The summed E-state index contributed by atoms with van der Waals surface area (Å²) in [5.74, 6) is -0.578. The molecule has 0 bridgehead atoms. The zero-order valence-corrected chi connectivity index (χ0v) is 12.1. The fourth-order valence-electron chi connectivity index (χ4n) is 1.93. The zero-order chi connectivity index (χ0) is 13.7. The summed E-state index contributed by atoms with van der Waals surface area (Å²) < 4.78 is 18.6. The van der Waals surface area contributed by atoms with Gasteiger partial charge in [0.05, 0.1) is 12.7 Å². The van der Waals surface area contributed by atoms with E-state index in [-0.39, 0.29) is 18.0 Å². The Kier molecular flexibility index (Phi) is 6.48. The summed E-state index contributed by atoms with van der Waals surface area (Å²) in [7, 11) is 1.46. The third-order valence-electron chi connectivity index (χ3n) is 3.05. The Bertz CT molecular complexity index is 506. The number of ether oxygens (including phenoxy) is 1. The predicted octanol–water partition coefficient (Wildman–Crippen LogP) is 1.91. The van der Waals surface area contributed by atoms with E-state index in [0.717, 1.165) is 19.5 Å². The highest BCUT2D eigenvalue weighted by atomic mass is 35.5. The van der Waals surface area contributed by atoms with Crippen LogP contribution in [-0.2, 0) is 0 Å². The molecule has 2 rings (SSSR count). The van der Waals surface area contributed by atoms with E-state index in [2.05, 4.69) is 10.6 Å². The number of hydrogen-bond acceptors (Lipinski definition) is 3. The molecule has 1 amide bonds. The van der Waals surface area contributed by atoms with E-state index in [0.29, 0.717) is 12.3 Å². The lowest BCUT2D eigenvalue weighted by atomic mass is 10.1. The standard InChI is InChI=1S/C14H17FN2O2.ClH/c1-19-11-2-3-12(13(15)8-11)14(18)17-9-10-4-6-16-7-5-10;/h2-4,8,16H,5-7,9H2,1H3,(H,17,18);1H. The minimum Gasteiger partial charge on any atom is -0.497 e. The maximum atomic E-state index is 13.7. The number of methoxy groups -OCH3 is 1. The molecule has 0 fully saturated rings. The maximum absolute atomic E-state index is 13.7. The molecule has 20 heavy (non-hydrogen) atoms. The van der Waals surface area contributed by atoms with Crippen LogP contribution in [0.25, 0.3) is 0 Å². The summed E-state index contributed by atoms with van der Waals surface area (Å²) >= 11 is 0. The molecule has 110 valence electrons. The highest BCUT2D eigenvalue weighted by Crippen LogP contribution is 2.16. The van der Waals surface area contributed by atoms with Crippen LogP contribution in [0.1, 0.15) is 16.8 Å². The Labute approximate surface area is 123 Å². The number of nitrogens with one attached hydrogen (secondary N) is 2. The van der Waals surface area contributed by atoms with Crippen LogP contribution in [0.4, 0.5) is 4.39 Å². The molecule has 0 saturated carbocycles. The van der Waals surface area contributed by atoms with Gasteiger partial charge >= 0.3 is 0 Å². The van der Waals surface area contributed by atoms with Crippen LogP contribution in [0, 0.1) is 5.82 Å². The van der Waals surface area contributed by atoms with E-state index in [4.69, 9.17) is 4.74 Å². The van der Waals surface area contributed by atoms with Crippen molar-refractivity contribution in [3.8, 4) is 5.75 Å². The summed E-state index contributed by atoms with van der Waals surface area (Å²) in [6, 6.07) is 4.21. The lowest BCUT2D eigenvalue weighted by Crippen LogP contribution is -2.30. The number of benzene rings is 1. The maximum Gasteiger partial charge on any atom is 0.254 e. The number of rotatable bonds is 4. The van der Waals surface area contributed by atoms with Crippen LogP contribution in [-0.4, -0.2) is 32.7 Å². The highest BCUT2D eigenvalue weighted by molar-refractivity contribution is 5.94. The van der Waals surface area contributed by atoms with Gasteiger partial charge in [-0.1, -0.05) is 11.6 Å². The van der Waals surface area contributed by atoms with Crippen molar-refractivity contribution in [2.24, 2.45) is 0 Å². The van der Waals surface area contributed by atoms with Gasteiger partial charge in [-0.05, 0) is 25.1 Å². The Balaban J connectivity index is 0.00000200. The van der Waals surface area contributed by atoms with Crippen molar-refractivity contribution in [1.82, 2.24) is 10.6 Å². The SMILES string of the molecule is COc1ccc(C(=O)NCC2=CCNCC2)c(F)c1.Cl. The van der Waals surface area contributed by atoms with Gasteiger partial charge in [0.2, 0.25) is 0 Å². The third kappa shape index (κ3) is 4.21. The molecule has 0 spiro atoms. The Morgan fingerprint density at radius 1 is 1.50 bits per heavy atom. The minimum absolute atomic E-state index is 0. The summed E-state index contributed by atoms with van der Waals surface area (Å²) in [4.78, 5) is 11.9. The molecular formula is C14H18ClFN2O2. The molecule has 0 aliphatic carbocycles. The Morgan fingerprint density at radius 2 is 2.30 bits per heavy atom. The second kappa shape index (κ2) is 7.87. The van der Waals surface area contributed by atoms with Crippen molar-refractivity contribution in [2.45, 2.75) is 6.42 Å². The van der Waals surface area contributed by atoms with Gasteiger partial charge in [-0.2, -0.15) is 0 Å². The fraction of sp³-hybridized carbons (Fsp3) is 0.357. The zero-order valence-electron chi connectivity index (χ0n) is 11.2. The highest BCUT2D eigenvalue weighted by Gasteiger charge is 2.13. The van der Waals surface area contributed by atoms with Gasteiger partial charge in [-0.25, -0.2) is 4.39 Å². The van der Waals surface area contributed by atoms with Gasteiger partial charge in [0.25, 0.3) is 5.91 Å². The van der Waals surface area contributed by atoms with E-state index in [1.165, 1.54) is 24.8 Å². The lowest BCUT2D eigenvalue weighted by molar-refractivity contribution is 0.0952. The summed E-state index contributed by atoms with van der Waals surface area (Å²) in [6.45, 7) is 2.20. The van der Waals surface area contributed by atoms with E-state index < -0.39 is 11.7 Å². The number of carbonyl (C=O) groups is 1. The summed E-state index contributed by atoms with van der Waals surface area (Å²) in [5.41, 5.74) is 1.20. The molecule has 1 aromatic rings. The first-order valence-corrected chi connectivity index (χ1v) is 6.21. The largest absolute Gasteiger partial charge is 0.497 e. The Morgan fingerprint density at radius 3 is 2.90 bits per heavy atom. The molecule has 0 unspecified atom stereocenters. The average Bonchev–Trinajstić information content (AvgIpc) is 2.45. The van der Waals surface area contributed by atoms with Crippen LogP contribution in [0.5, 0.6) is 5.75 Å². The number of carbonyl (C=O) groups excluding carboxylic acids is 1. The van der Waals surface area contributed by atoms with Crippen molar-refractivity contribution in [3.05, 3.63) is 41.2 Å². The second-order valence-electron chi connectivity index (χ2n) is 4.34. The van der Waals surface area contributed by atoms with Crippen LogP contribution in [0.3, 0.4) is 0 Å². The topological polar surface area (TPSA) is 50.4 Å². The first-order valence-electron chi connectivity index (χ1n) is 6.21. The normalized spacial score (nSPS) is 14.0. The average molecular weight is 301 g/mol. The third-order valence-corrected chi connectivity index (χ3v) is 3.05. The first-order chi connectivity index (χ1) is 9.20. The van der Waals surface area contributed by atoms with E-state index in [1.807, 2.05) is 6.08 Å². The van der Waals surface area contributed by atoms with E-state index in [1.54, 1.807) is 6.07 Å². The fourth-order valence-corrected chi connectivity index (χ4v) is 1.93. The van der Waals surface area contributed by atoms with Gasteiger partial charge in [0, 0.05) is 19.2 Å². The first kappa shape index (κ1) is 16.5. The van der Waals surface area contributed by atoms with Crippen LogP contribution >= 0.6 is 12.4 Å². The molecule has 0 atom stereocenters. The summed E-state index contributed by atoms with van der Waals surface area (Å²) in [5, 5.41) is 5.92. The number of amides is 1. The van der Waals surface area contributed by atoms with Crippen LogP contribution < -0.4 is 15.4 Å². The number of halogens is 2. The molecule has 0 saturated heterocycles. The molecule has 1 heterocycles. The molecule has 2 N–H and O–H groups in total. The molecule has 1 aromatic carbocycles. The quantitative estimate of drug-likeness (QED) is 0.835. The monoisotopic (exact) mass is 300 g/mol. The van der Waals surface area contributed by atoms with Gasteiger partial charge in [0.1, 0.15) is 11.6 Å². The molecule has 1 aliphatic rings. The Hall–Kier alpha value is -1.59. The molecule has 1 aliphatic heterocycles. The van der Waals surface area contributed by atoms with E-state index in [9.17, 15) is 9.18 Å². The summed E-state index contributed by atoms with van der Waals surface area (Å²) in [6.07, 6.45) is 2.96. The molecule has 0 aromatic heterocycles. The lowest BCUT2D eigenvalue weighted by Gasteiger charge is -2.14. The number of hydrogen-bond donors (Lipinski definition) is 2. The van der Waals surface area contributed by atoms with Crippen molar-refractivity contribution in [1.29, 1.82) is 0 Å². The molecule has 0 radical (unpaired) electrons. The van der Waals surface area contributed by atoms with E-state index >= 15 is 0 Å².